The summed E-state index contributed by atoms with van der Waals surface area (Å²) in [6.45, 7) is 1.92. The number of carbonyl (C=O) groups is 2. The molecule has 4 aromatic rings. The number of nitrogens with zero attached hydrogens (tertiary/aromatic N) is 3. The number of benzene rings is 3. The third kappa shape index (κ3) is 3.83. The third-order valence-corrected chi connectivity index (χ3v) is 6.74. The number of thiazole rings is 1. The van der Waals surface area contributed by atoms with Crippen LogP contribution < -0.4 is 4.90 Å². The predicted octanol–water partition coefficient (Wildman–Crippen LogP) is 5.28. The lowest BCUT2D eigenvalue weighted by Crippen LogP contribution is -2.29. The average molecular weight is 489 g/mol. The van der Waals surface area contributed by atoms with Gasteiger partial charge in [0.25, 0.3) is 11.5 Å². The second-order valence-electron chi connectivity index (χ2n) is 7.99. The van der Waals surface area contributed by atoms with Gasteiger partial charge in [-0.15, -0.1) is 0 Å². The molecule has 3 aromatic carbocycles. The molecule has 5 rings (SSSR count). The third-order valence-electron chi connectivity index (χ3n) is 5.72. The van der Waals surface area contributed by atoms with E-state index < -0.39 is 34.2 Å². The zero-order valence-electron chi connectivity index (χ0n) is 18.1. The molecule has 1 atom stereocenters. The van der Waals surface area contributed by atoms with E-state index in [0.717, 1.165) is 22.4 Å². The second kappa shape index (κ2) is 8.41. The molecular formula is C25H16FN3O5S. The molecule has 0 unspecified atom stereocenters. The van der Waals surface area contributed by atoms with E-state index in [1.54, 1.807) is 6.07 Å². The number of non-ortho nitro benzene ring substituents is 1. The molecule has 1 aliphatic rings. The molecule has 1 fully saturated rings. The molecule has 0 bridgehead atoms. The van der Waals surface area contributed by atoms with Gasteiger partial charge >= 0.3 is 5.91 Å². The summed E-state index contributed by atoms with van der Waals surface area (Å²) >= 11 is 1.21. The van der Waals surface area contributed by atoms with Crippen LogP contribution in [0.3, 0.4) is 0 Å². The summed E-state index contributed by atoms with van der Waals surface area (Å²) in [5.74, 6) is -2.84. The van der Waals surface area contributed by atoms with E-state index in [4.69, 9.17) is 0 Å². The number of carbonyl (C=O) groups excluding carboxylic acids is 2. The lowest BCUT2D eigenvalue weighted by molar-refractivity contribution is -0.384. The van der Waals surface area contributed by atoms with Gasteiger partial charge < -0.3 is 5.11 Å². The number of aliphatic hydroxyl groups is 1. The fourth-order valence-corrected chi connectivity index (χ4v) is 5.10. The number of amides is 1. The number of aliphatic hydroxyl groups excluding tert-OH is 1. The number of nitro groups is 1. The first-order valence-electron chi connectivity index (χ1n) is 10.4. The number of hydrogen-bond donors (Lipinski definition) is 1. The van der Waals surface area contributed by atoms with Crippen LogP contribution in [0.1, 0.15) is 22.7 Å². The summed E-state index contributed by atoms with van der Waals surface area (Å²) < 4.78 is 14.2. The van der Waals surface area contributed by atoms with Crippen LogP contribution in [0.25, 0.3) is 16.0 Å². The van der Waals surface area contributed by atoms with E-state index in [0.29, 0.717) is 11.1 Å². The van der Waals surface area contributed by atoms with Gasteiger partial charge in [-0.05, 0) is 66.6 Å². The number of halogens is 1. The van der Waals surface area contributed by atoms with Gasteiger partial charge in [0.05, 0.1) is 26.8 Å². The zero-order valence-corrected chi connectivity index (χ0v) is 19.0. The number of aryl methyl sites for hydroxylation is 1. The molecule has 1 N–H and O–H groups in total. The van der Waals surface area contributed by atoms with E-state index in [1.807, 2.05) is 19.1 Å². The van der Waals surface area contributed by atoms with Gasteiger partial charge in [0.1, 0.15) is 11.6 Å². The fraction of sp³-hybridized carbons (Fsp3) is 0.0800. The maximum absolute atomic E-state index is 13.4. The number of nitro benzene ring substituents is 1. The molecule has 1 amide bonds. The van der Waals surface area contributed by atoms with Crippen molar-refractivity contribution in [2.75, 3.05) is 4.90 Å². The Kier molecular flexibility index (Phi) is 5.37. The fourth-order valence-electron chi connectivity index (χ4n) is 4.01. The summed E-state index contributed by atoms with van der Waals surface area (Å²) in [7, 11) is 0. The van der Waals surface area contributed by atoms with Crippen LogP contribution in [0.4, 0.5) is 15.2 Å². The number of fused-ring (bicyclic) bond motifs is 1. The zero-order chi connectivity index (χ0) is 24.9. The average Bonchev–Trinajstić information content (AvgIpc) is 3.37. The largest absolute Gasteiger partial charge is 0.507 e. The lowest BCUT2D eigenvalue weighted by atomic mass is 9.95. The highest BCUT2D eigenvalue weighted by atomic mass is 32.1. The Labute approximate surface area is 201 Å². The minimum atomic E-state index is -1.09. The first-order chi connectivity index (χ1) is 16.7. The highest BCUT2D eigenvalue weighted by molar-refractivity contribution is 7.22. The van der Waals surface area contributed by atoms with Crippen LogP contribution in [0.15, 0.2) is 72.3 Å². The van der Waals surface area contributed by atoms with Crippen molar-refractivity contribution in [1.82, 2.24) is 4.98 Å². The molecule has 0 radical (unpaired) electrons. The number of ketones is 1. The Morgan fingerprint density at radius 1 is 1.09 bits per heavy atom. The Morgan fingerprint density at radius 3 is 2.43 bits per heavy atom. The molecule has 0 aliphatic carbocycles. The summed E-state index contributed by atoms with van der Waals surface area (Å²) in [4.78, 5) is 42.7. The van der Waals surface area contributed by atoms with Crippen molar-refractivity contribution in [3.8, 4) is 0 Å². The summed E-state index contributed by atoms with van der Waals surface area (Å²) in [5.41, 5.74) is 1.77. The van der Waals surface area contributed by atoms with Crippen molar-refractivity contribution in [2.24, 2.45) is 0 Å². The quantitative estimate of drug-likeness (QED) is 0.137. The number of rotatable bonds is 4. The van der Waals surface area contributed by atoms with Crippen molar-refractivity contribution >= 4 is 49.8 Å². The van der Waals surface area contributed by atoms with Gasteiger partial charge in [0.15, 0.2) is 5.13 Å². The summed E-state index contributed by atoms with van der Waals surface area (Å²) in [6.07, 6.45) is 0. The number of hydrogen-bond acceptors (Lipinski definition) is 7. The molecule has 10 heteroatoms. The minimum absolute atomic E-state index is 0.149. The summed E-state index contributed by atoms with van der Waals surface area (Å²) in [5, 5.41) is 22.4. The Morgan fingerprint density at radius 2 is 1.77 bits per heavy atom. The first-order valence-corrected chi connectivity index (χ1v) is 11.2. The van der Waals surface area contributed by atoms with Gasteiger partial charge in [0.2, 0.25) is 0 Å². The SMILES string of the molecule is Cc1ccc2nc(N3C(=O)C(=O)/C(=C(/O)c4ccc(F)cc4)[C@H]3c3ccc([N+](=O)[O-])cc3)sc2c1. The smallest absolute Gasteiger partial charge is 0.301 e. The van der Waals surface area contributed by atoms with Crippen molar-refractivity contribution in [3.63, 3.8) is 0 Å². The number of Topliss-reactive ketones (excluding diaryl/α,β-unsaturated/α-hetero) is 1. The Balaban J connectivity index is 1.72. The van der Waals surface area contributed by atoms with Gasteiger partial charge in [-0.1, -0.05) is 17.4 Å². The van der Waals surface area contributed by atoms with E-state index in [1.165, 1.54) is 52.6 Å². The van der Waals surface area contributed by atoms with Crippen molar-refractivity contribution in [3.05, 3.63) is 105 Å². The molecule has 0 saturated carbocycles. The topological polar surface area (TPSA) is 114 Å². The Bertz CT molecular complexity index is 1540. The highest BCUT2D eigenvalue weighted by Crippen LogP contribution is 2.44. The van der Waals surface area contributed by atoms with Crippen LogP contribution in [0, 0.1) is 22.9 Å². The highest BCUT2D eigenvalue weighted by Gasteiger charge is 2.48. The van der Waals surface area contributed by atoms with Crippen LogP contribution >= 0.6 is 11.3 Å². The van der Waals surface area contributed by atoms with Crippen molar-refractivity contribution in [1.29, 1.82) is 0 Å². The Hall–Kier alpha value is -4.44. The number of aromatic nitrogens is 1. The molecule has 174 valence electrons. The van der Waals surface area contributed by atoms with E-state index in [9.17, 15) is 29.2 Å². The normalized spacial score (nSPS) is 17.3. The van der Waals surface area contributed by atoms with Gasteiger partial charge in [-0.25, -0.2) is 9.37 Å². The maximum Gasteiger partial charge on any atom is 0.301 e. The number of anilines is 1. The standard InChI is InChI=1S/C25H16FN3O5S/c1-13-2-11-18-19(12-13)35-25(27-18)28-21(14-5-9-17(10-6-14)29(33)34)20(23(31)24(28)32)22(30)15-3-7-16(26)8-4-15/h2-12,21,30H,1H3/b22-20+/t21-/m1/s1. The molecule has 0 spiro atoms. The summed E-state index contributed by atoms with van der Waals surface area (Å²) in [6, 6.07) is 14.7. The molecule has 2 heterocycles. The van der Waals surface area contributed by atoms with Crippen molar-refractivity contribution < 1.29 is 24.0 Å². The molecular weight excluding hydrogens is 473 g/mol. The van der Waals surface area contributed by atoms with Crippen LogP contribution in [0.2, 0.25) is 0 Å². The van der Waals surface area contributed by atoms with Gasteiger partial charge in [-0.3, -0.25) is 24.6 Å². The van der Waals surface area contributed by atoms with E-state index in [-0.39, 0.29) is 22.0 Å². The van der Waals surface area contributed by atoms with Gasteiger partial charge in [0, 0.05) is 17.7 Å². The van der Waals surface area contributed by atoms with Gasteiger partial charge in [-0.2, -0.15) is 0 Å². The first kappa shape index (κ1) is 22.4. The predicted molar refractivity (Wildman–Crippen MR) is 129 cm³/mol. The van der Waals surface area contributed by atoms with E-state index >= 15 is 0 Å². The molecule has 1 saturated heterocycles. The molecule has 8 nitrogen and oxygen atoms in total. The van der Waals surface area contributed by atoms with Crippen LogP contribution in [0.5, 0.6) is 0 Å². The van der Waals surface area contributed by atoms with Crippen LogP contribution in [-0.2, 0) is 9.59 Å². The molecule has 35 heavy (non-hydrogen) atoms. The maximum atomic E-state index is 13.4. The molecule has 1 aliphatic heterocycles. The van der Waals surface area contributed by atoms with E-state index in [2.05, 4.69) is 4.98 Å². The second-order valence-corrected chi connectivity index (χ2v) is 9.00. The monoisotopic (exact) mass is 489 g/mol. The van der Waals surface area contributed by atoms with Crippen LogP contribution in [-0.4, -0.2) is 26.7 Å². The lowest BCUT2D eigenvalue weighted by Gasteiger charge is -2.22. The minimum Gasteiger partial charge on any atom is -0.507 e. The van der Waals surface area contributed by atoms with Crippen molar-refractivity contribution in [2.45, 2.75) is 13.0 Å². The molecule has 1 aromatic heterocycles.